The molecule has 3 aromatic rings. The van der Waals surface area contributed by atoms with Gasteiger partial charge in [0.15, 0.2) is 5.76 Å². The van der Waals surface area contributed by atoms with Gasteiger partial charge in [-0.15, -0.1) is 0 Å². The Balaban J connectivity index is 1.86. The molecule has 0 spiro atoms. The Morgan fingerprint density at radius 2 is 1.78 bits per heavy atom. The smallest absolute Gasteiger partial charge is 0.287 e. The number of rotatable bonds is 4. The highest BCUT2D eigenvalue weighted by Crippen LogP contribution is 2.26. The molecule has 1 atom stereocenters. The van der Waals surface area contributed by atoms with Gasteiger partial charge in [-0.2, -0.15) is 0 Å². The van der Waals surface area contributed by atoms with Gasteiger partial charge in [0.25, 0.3) is 5.91 Å². The van der Waals surface area contributed by atoms with Gasteiger partial charge in [0.1, 0.15) is 5.58 Å². The normalized spacial score (nSPS) is 12.3. The molecule has 1 aromatic heterocycles. The maximum atomic E-state index is 12.6. The summed E-state index contributed by atoms with van der Waals surface area (Å²) >= 11 is 0. The van der Waals surface area contributed by atoms with Gasteiger partial charge in [-0.1, -0.05) is 55.0 Å². The Kier molecular flexibility index (Phi) is 4.20. The minimum atomic E-state index is -0.161. The fourth-order valence-electron chi connectivity index (χ4n) is 2.83. The number of benzene rings is 2. The number of carbonyl (C=O) groups is 1. The number of furan rings is 1. The maximum absolute atomic E-state index is 12.6. The van der Waals surface area contributed by atoms with Gasteiger partial charge in [-0.3, -0.25) is 4.79 Å². The SMILES string of the molecule is CCC(NC(=O)c1oc2ccccc2c1C)c1ccc(C)cc1. The second kappa shape index (κ2) is 6.29. The Labute approximate surface area is 136 Å². The molecule has 118 valence electrons. The van der Waals surface area contributed by atoms with Crippen LogP contribution in [0.15, 0.2) is 52.9 Å². The van der Waals surface area contributed by atoms with Crippen LogP contribution >= 0.6 is 0 Å². The maximum Gasteiger partial charge on any atom is 0.287 e. The van der Waals surface area contributed by atoms with E-state index in [1.807, 2.05) is 31.2 Å². The van der Waals surface area contributed by atoms with Crippen molar-refractivity contribution in [3.63, 3.8) is 0 Å². The number of carbonyl (C=O) groups excluding carboxylic acids is 1. The molecule has 0 radical (unpaired) electrons. The molecule has 1 unspecified atom stereocenters. The Bertz CT molecular complexity index is 830. The van der Waals surface area contributed by atoms with Crippen LogP contribution in [0.1, 0.15) is 46.6 Å². The van der Waals surface area contributed by atoms with Gasteiger partial charge in [-0.05, 0) is 31.9 Å². The van der Waals surface area contributed by atoms with E-state index in [2.05, 4.69) is 43.4 Å². The number of aryl methyl sites for hydroxylation is 2. The highest BCUT2D eigenvalue weighted by atomic mass is 16.3. The van der Waals surface area contributed by atoms with Crippen molar-refractivity contribution in [2.45, 2.75) is 33.2 Å². The summed E-state index contributed by atoms with van der Waals surface area (Å²) in [5.41, 5.74) is 3.96. The van der Waals surface area contributed by atoms with E-state index in [9.17, 15) is 4.79 Å². The highest BCUT2D eigenvalue weighted by Gasteiger charge is 2.20. The lowest BCUT2D eigenvalue weighted by atomic mass is 10.0. The van der Waals surface area contributed by atoms with Crippen molar-refractivity contribution in [1.82, 2.24) is 5.32 Å². The first kappa shape index (κ1) is 15.3. The Morgan fingerprint density at radius 3 is 2.43 bits per heavy atom. The van der Waals surface area contributed by atoms with E-state index in [0.29, 0.717) is 5.76 Å². The average Bonchev–Trinajstić information content (AvgIpc) is 2.91. The monoisotopic (exact) mass is 307 g/mol. The van der Waals surface area contributed by atoms with Crippen LogP contribution in [0.3, 0.4) is 0 Å². The third-order valence-corrected chi connectivity index (χ3v) is 4.24. The van der Waals surface area contributed by atoms with Crippen molar-refractivity contribution in [3.05, 3.63) is 71.0 Å². The molecule has 3 heteroatoms. The van der Waals surface area contributed by atoms with Crippen LogP contribution in [0.4, 0.5) is 0 Å². The summed E-state index contributed by atoms with van der Waals surface area (Å²) in [5, 5.41) is 4.07. The van der Waals surface area contributed by atoms with Crippen molar-refractivity contribution >= 4 is 16.9 Å². The number of para-hydroxylation sites is 1. The predicted molar refractivity (Wildman–Crippen MR) is 92.6 cm³/mol. The number of nitrogens with one attached hydrogen (secondary N) is 1. The lowest BCUT2D eigenvalue weighted by Gasteiger charge is -2.17. The van der Waals surface area contributed by atoms with Gasteiger partial charge in [-0.25, -0.2) is 0 Å². The van der Waals surface area contributed by atoms with E-state index in [1.54, 1.807) is 0 Å². The van der Waals surface area contributed by atoms with Gasteiger partial charge in [0.05, 0.1) is 6.04 Å². The van der Waals surface area contributed by atoms with Gasteiger partial charge >= 0.3 is 0 Å². The van der Waals surface area contributed by atoms with Gasteiger partial charge in [0.2, 0.25) is 0 Å². The van der Waals surface area contributed by atoms with E-state index < -0.39 is 0 Å². The van der Waals surface area contributed by atoms with Crippen molar-refractivity contribution in [1.29, 1.82) is 0 Å². The largest absolute Gasteiger partial charge is 0.451 e. The summed E-state index contributed by atoms with van der Waals surface area (Å²) < 4.78 is 5.75. The fraction of sp³-hybridized carbons (Fsp3) is 0.250. The van der Waals surface area contributed by atoms with Gasteiger partial charge in [0, 0.05) is 10.9 Å². The molecule has 1 heterocycles. The third-order valence-electron chi connectivity index (χ3n) is 4.24. The van der Waals surface area contributed by atoms with Crippen molar-refractivity contribution in [2.75, 3.05) is 0 Å². The third kappa shape index (κ3) is 3.00. The van der Waals surface area contributed by atoms with E-state index in [1.165, 1.54) is 5.56 Å². The predicted octanol–water partition coefficient (Wildman–Crippen LogP) is 4.93. The molecular formula is C20H21NO2. The Hall–Kier alpha value is -2.55. The molecule has 0 saturated carbocycles. The molecule has 1 N–H and O–H groups in total. The highest BCUT2D eigenvalue weighted by molar-refractivity contribution is 5.99. The van der Waals surface area contributed by atoms with Crippen LogP contribution in [-0.2, 0) is 0 Å². The molecule has 0 aliphatic carbocycles. The van der Waals surface area contributed by atoms with E-state index >= 15 is 0 Å². The van der Waals surface area contributed by atoms with Gasteiger partial charge < -0.3 is 9.73 Å². The zero-order chi connectivity index (χ0) is 16.4. The van der Waals surface area contributed by atoms with Crippen LogP contribution in [-0.4, -0.2) is 5.91 Å². The summed E-state index contributed by atoms with van der Waals surface area (Å²) in [5.74, 6) is 0.239. The molecule has 0 fully saturated rings. The van der Waals surface area contributed by atoms with Crippen molar-refractivity contribution < 1.29 is 9.21 Å². The molecule has 0 aliphatic heterocycles. The first-order valence-corrected chi connectivity index (χ1v) is 7.95. The van der Waals surface area contributed by atoms with E-state index in [-0.39, 0.29) is 11.9 Å². The number of hydrogen-bond acceptors (Lipinski definition) is 2. The zero-order valence-corrected chi connectivity index (χ0v) is 13.7. The summed E-state index contributed by atoms with van der Waals surface area (Å²) in [7, 11) is 0. The lowest BCUT2D eigenvalue weighted by Crippen LogP contribution is -2.28. The topological polar surface area (TPSA) is 42.2 Å². The second-order valence-corrected chi connectivity index (χ2v) is 5.90. The van der Waals surface area contributed by atoms with Crippen molar-refractivity contribution in [3.8, 4) is 0 Å². The molecule has 1 amide bonds. The first-order chi connectivity index (χ1) is 11.1. The first-order valence-electron chi connectivity index (χ1n) is 7.95. The minimum absolute atomic E-state index is 0.0179. The average molecular weight is 307 g/mol. The molecule has 3 rings (SSSR count). The quantitative estimate of drug-likeness (QED) is 0.742. The van der Waals surface area contributed by atoms with Crippen LogP contribution in [0.5, 0.6) is 0 Å². The second-order valence-electron chi connectivity index (χ2n) is 5.90. The van der Waals surface area contributed by atoms with Crippen LogP contribution in [0, 0.1) is 13.8 Å². The van der Waals surface area contributed by atoms with E-state index in [4.69, 9.17) is 4.42 Å². The fourth-order valence-corrected chi connectivity index (χ4v) is 2.83. The number of hydrogen-bond donors (Lipinski definition) is 1. The standard InChI is InChI=1S/C20H21NO2/c1-4-17(15-11-9-13(2)10-12-15)21-20(22)19-14(3)16-7-5-6-8-18(16)23-19/h5-12,17H,4H2,1-3H3,(H,21,22). The molecule has 23 heavy (non-hydrogen) atoms. The summed E-state index contributed by atoms with van der Waals surface area (Å²) in [6, 6.07) is 16.0. The molecule has 0 aliphatic rings. The minimum Gasteiger partial charge on any atom is -0.451 e. The molecular weight excluding hydrogens is 286 g/mol. The summed E-state index contributed by atoms with van der Waals surface area (Å²) in [6.07, 6.45) is 0.827. The van der Waals surface area contributed by atoms with Crippen LogP contribution in [0.25, 0.3) is 11.0 Å². The van der Waals surface area contributed by atoms with Crippen LogP contribution in [0.2, 0.25) is 0 Å². The summed E-state index contributed by atoms with van der Waals surface area (Å²) in [6.45, 7) is 6.05. The molecule has 3 nitrogen and oxygen atoms in total. The molecule has 0 bridgehead atoms. The Morgan fingerprint density at radius 1 is 1.09 bits per heavy atom. The number of amides is 1. The summed E-state index contributed by atoms with van der Waals surface area (Å²) in [4.78, 5) is 12.6. The van der Waals surface area contributed by atoms with E-state index in [0.717, 1.165) is 28.5 Å². The number of fused-ring (bicyclic) bond motifs is 1. The molecule has 2 aromatic carbocycles. The van der Waals surface area contributed by atoms with Crippen LogP contribution < -0.4 is 5.32 Å². The lowest BCUT2D eigenvalue weighted by molar-refractivity contribution is 0.0909. The van der Waals surface area contributed by atoms with Crippen molar-refractivity contribution in [2.24, 2.45) is 0 Å². The zero-order valence-electron chi connectivity index (χ0n) is 13.7. The molecule has 0 saturated heterocycles.